The SMILES string of the molecule is O=C(NCc1c(F)ccc(F)c1F)Nc1ccccn1. The minimum absolute atomic E-state index is 0.283. The molecule has 0 atom stereocenters. The van der Waals surface area contributed by atoms with Crippen LogP contribution in [0.4, 0.5) is 23.8 Å². The maximum atomic E-state index is 13.3. The summed E-state index contributed by atoms with van der Waals surface area (Å²) in [6.07, 6.45) is 1.47. The second-order valence-corrected chi connectivity index (χ2v) is 3.84. The number of pyridine rings is 1. The van der Waals surface area contributed by atoms with Crippen LogP contribution in [0.25, 0.3) is 0 Å². The van der Waals surface area contributed by atoms with Crippen molar-refractivity contribution in [2.24, 2.45) is 0 Å². The molecule has 1 aromatic carbocycles. The van der Waals surface area contributed by atoms with E-state index < -0.39 is 35.6 Å². The van der Waals surface area contributed by atoms with Crippen LogP contribution in [0.1, 0.15) is 5.56 Å². The van der Waals surface area contributed by atoms with Gasteiger partial charge in [-0.05, 0) is 24.3 Å². The number of anilines is 1. The highest BCUT2D eigenvalue weighted by Gasteiger charge is 2.14. The molecule has 0 saturated heterocycles. The Morgan fingerprint density at radius 1 is 1.10 bits per heavy atom. The van der Waals surface area contributed by atoms with E-state index in [9.17, 15) is 18.0 Å². The van der Waals surface area contributed by atoms with Crippen LogP contribution in [0.3, 0.4) is 0 Å². The van der Waals surface area contributed by atoms with Gasteiger partial charge in [0.25, 0.3) is 0 Å². The molecule has 2 rings (SSSR count). The van der Waals surface area contributed by atoms with Crippen LogP contribution in [-0.4, -0.2) is 11.0 Å². The molecule has 2 amide bonds. The number of rotatable bonds is 3. The topological polar surface area (TPSA) is 54.0 Å². The standard InChI is InChI=1S/C13H10F3N3O/c14-9-4-5-10(15)12(16)8(9)7-18-13(20)19-11-3-1-2-6-17-11/h1-6H,7H2,(H2,17,18,19,20). The van der Waals surface area contributed by atoms with E-state index >= 15 is 0 Å². The number of nitrogens with zero attached hydrogens (tertiary/aromatic N) is 1. The van der Waals surface area contributed by atoms with Crippen LogP contribution in [0.2, 0.25) is 0 Å². The molecule has 0 saturated carbocycles. The number of aromatic nitrogens is 1. The van der Waals surface area contributed by atoms with E-state index in [1.165, 1.54) is 6.20 Å². The summed E-state index contributed by atoms with van der Waals surface area (Å²) in [5, 5.41) is 4.59. The molecular weight excluding hydrogens is 271 g/mol. The van der Waals surface area contributed by atoms with Crippen LogP contribution in [0, 0.1) is 17.5 Å². The van der Waals surface area contributed by atoms with Gasteiger partial charge in [-0.25, -0.2) is 22.9 Å². The van der Waals surface area contributed by atoms with Gasteiger partial charge in [0.15, 0.2) is 11.6 Å². The molecule has 0 radical (unpaired) electrons. The van der Waals surface area contributed by atoms with E-state index in [1.807, 2.05) is 0 Å². The number of amides is 2. The predicted molar refractivity (Wildman–Crippen MR) is 66.4 cm³/mol. The van der Waals surface area contributed by atoms with Gasteiger partial charge >= 0.3 is 6.03 Å². The predicted octanol–water partition coefficient (Wildman–Crippen LogP) is 2.82. The highest BCUT2D eigenvalue weighted by atomic mass is 19.2. The summed E-state index contributed by atoms with van der Waals surface area (Å²) in [5.41, 5.74) is -0.541. The number of hydrogen-bond donors (Lipinski definition) is 2. The number of halogens is 3. The highest BCUT2D eigenvalue weighted by Crippen LogP contribution is 2.15. The number of benzene rings is 1. The Morgan fingerprint density at radius 2 is 1.85 bits per heavy atom. The van der Waals surface area contributed by atoms with Crippen LogP contribution in [-0.2, 0) is 6.54 Å². The first-order chi connectivity index (χ1) is 9.58. The summed E-state index contributed by atoms with van der Waals surface area (Å²) in [5.74, 6) is -3.14. The van der Waals surface area contributed by atoms with Gasteiger partial charge in [0.1, 0.15) is 11.6 Å². The van der Waals surface area contributed by atoms with Gasteiger partial charge in [0, 0.05) is 11.8 Å². The third-order valence-electron chi connectivity index (χ3n) is 2.47. The average Bonchev–Trinajstić information content (AvgIpc) is 2.44. The Kier molecular flexibility index (Phi) is 4.19. The Morgan fingerprint density at radius 3 is 2.55 bits per heavy atom. The van der Waals surface area contributed by atoms with Gasteiger partial charge in [-0.3, -0.25) is 5.32 Å². The first kappa shape index (κ1) is 13.9. The normalized spacial score (nSPS) is 10.2. The quantitative estimate of drug-likeness (QED) is 0.850. The molecule has 0 unspecified atom stereocenters. The Balaban J connectivity index is 1.99. The summed E-state index contributed by atoms with van der Waals surface area (Å²) in [4.78, 5) is 15.3. The molecular formula is C13H10F3N3O. The number of carbonyl (C=O) groups is 1. The minimum atomic E-state index is -1.32. The average molecular weight is 281 g/mol. The Hall–Kier alpha value is -2.57. The minimum Gasteiger partial charge on any atom is -0.334 e. The molecule has 0 aliphatic rings. The van der Waals surface area contributed by atoms with Gasteiger partial charge in [0.2, 0.25) is 0 Å². The molecule has 0 bridgehead atoms. The van der Waals surface area contributed by atoms with Crippen molar-refractivity contribution in [2.45, 2.75) is 6.54 Å². The zero-order valence-corrected chi connectivity index (χ0v) is 10.2. The van der Waals surface area contributed by atoms with E-state index in [0.29, 0.717) is 6.07 Å². The summed E-state index contributed by atoms with van der Waals surface area (Å²) in [6.45, 7) is -0.478. The van der Waals surface area contributed by atoms with Gasteiger partial charge < -0.3 is 5.32 Å². The summed E-state index contributed by atoms with van der Waals surface area (Å²) < 4.78 is 39.6. The fourth-order valence-corrected chi connectivity index (χ4v) is 1.50. The van der Waals surface area contributed by atoms with E-state index in [2.05, 4.69) is 15.6 Å². The van der Waals surface area contributed by atoms with Crippen LogP contribution >= 0.6 is 0 Å². The van der Waals surface area contributed by atoms with E-state index in [0.717, 1.165) is 6.07 Å². The molecule has 1 aromatic heterocycles. The molecule has 2 N–H and O–H groups in total. The third-order valence-corrected chi connectivity index (χ3v) is 2.47. The van der Waals surface area contributed by atoms with Crippen molar-refractivity contribution in [2.75, 3.05) is 5.32 Å². The Bertz CT molecular complexity index is 620. The highest BCUT2D eigenvalue weighted by molar-refractivity contribution is 5.88. The van der Waals surface area contributed by atoms with Crippen molar-refractivity contribution in [3.8, 4) is 0 Å². The fourth-order valence-electron chi connectivity index (χ4n) is 1.50. The molecule has 104 valence electrons. The van der Waals surface area contributed by atoms with Gasteiger partial charge in [-0.1, -0.05) is 6.07 Å². The fraction of sp³-hybridized carbons (Fsp3) is 0.0769. The van der Waals surface area contributed by atoms with Crippen molar-refractivity contribution in [1.82, 2.24) is 10.3 Å². The maximum absolute atomic E-state index is 13.3. The summed E-state index contributed by atoms with van der Waals surface area (Å²) >= 11 is 0. The smallest absolute Gasteiger partial charge is 0.320 e. The largest absolute Gasteiger partial charge is 0.334 e. The maximum Gasteiger partial charge on any atom is 0.320 e. The first-order valence-corrected chi connectivity index (χ1v) is 5.66. The van der Waals surface area contributed by atoms with E-state index in [4.69, 9.17) is 0 Å². The second-order valence-electron chi connectivity index (χ2n) is 3.84. The molecule has 2 aromatic rings. The van der Waals surface area contributed by atoms with Crippen LogP contribution in [0.5, 0.6) is 0 Å². The van der Waals surface area contributed by atoms with Crippen molar-refractivity contribution in [3.05, 3.63) is 59.5 Å². The second kappa shape index (κ2) is 6.05. The lowest BCUT2D eigenvalue weighted by molar-refractivity contribution is 0.251. The lowest BCUT2D eigenvalue weighted by atomic mass is 10.2. The van der Waals surface area contributed by atoms with Gasteiger partial charge in [-0.2, -0.15) is 0 Å². The zero-order valence-electron chi connectivity index (χ0n) is 10.2. The monoisotopic (exact) mass is 281 g/mol. The third kappa shape index (κ3) is 3.25. The molecule has 0 fully saturated rings. The molecule has 1 heterocycles. The lowest BCUT2D eigenvalue weighted by Gasteiger charge is -2.08. The number of nitrogens with one attached hydrogen (secondary N) is 2. The molecule has 0 aliphatic carbocycles. The summed E-state index contributed by atoms with van der Waals surface area (Å²) in [6, 6.07) is 5.65. The number of carbonyl (C=O) groups excluding carboxylic acids is 1. The van der Waals surface area contributed by atoms with Crippen molar-refractivity contribution < 1.29 is 18.0 Å². The van der Waals surface area contributed by atoms with Crippen LogP contribution < -0.4 is 10.6 Å². The van der Waals surface area contributed by atoms with E-state index in [-0.39, 0.29) is 5.82 Å². The Labute approximate surface area is 112 Å². The molecule has 4 nitrogen and oxygen atoms in total. The lowest BCUT2D eigenvalue weighted by Crippen LogP contribution is -2.29. The van der Waals surface area contributed by atoms with Crippen LogP contribution in [0.15, 0.2) is 36.5 Å². The number of hydrogen-bond acceptors (Lipinski definition) is 2. The first-order valence-electron chi connectivity index (χ1n) is 5.66. The number of urea groups is 1. The van der Waals surface area contributed by atoms with Crippen molar-refractivity contribution >= 4 is 11.8 Å². The van der Waals surface area contributed by atoms with Crippen molar-refractivity contribution in [1.29, 1.82) is 0 Å². The van der Waals surface area contributed by atoms with Crippen molar-refractivity contribution in [3.63, 3.8) is 0 Å². The van der Waals surface area contributed by atoms with Gasteiger partial charge in [0.05, 0.1) is 6.54 Å². The van der Waals surface area contributed by atoms with Gasteiger partial charge in [-0.15, -0.1) is 0 Å². The molecule has 20 heavy (non-hydrogen) atoms. The van der Waals surface area contributed by atoms with E-state index in [1.54, 1.807) is 18.2 Å². The molecule has 7 heteroatoms. The zero-order chi connectivity index (χ0) is 14.5. The molecule has 0 spiro atoms. The molecule has 0 aliphatic heterocycles. The summed E-state index contributed by atoms with van der Waals surface area (Å²) in [7, 11) is 0.